The Balaban J connectivity index is 0.00000280. The predicted octanol–water partition coefficient (Wildman–Crippen LogP) is 0.475. The smallest absolute Gasteiger partial charge is 1.00 e. The summed E-state index contributed by atoms with van der Waals surface area (Å²) in [6.07, 6.45) is 3.50. The van der Waals surface area contributed by atoms with Crippen molar-refractivity contribution < 1.29 is 41.9 Å². The van der Waals surface area contributed by atoms with Crippen molar-refractivity contribution in [1.29, 1.82) is 0 Å². The van der Waals surface area contributed by atoms with Gasteiger partial charge < -0.3 is 24.8 Å². The number of hydrogen-bond donors (Lipinski definition) is 0. The Morgan fingerprint density at radius 2 is 1.03 bits per heavy atom. The number of halogens is 3. The molecule has 1 aromatic heterocycles. The Morgan fingerprint density at radius 1 is 0.700 bits per heavy atom. The zero-order chi connectivity index (χ0) is 19.4. The van der Waals surface area contributed by atoms with Crippen LogP contribution in [-0.2, 0) is 17.1 Å². The molecule has 30 heavy (non-hydrogen) atoms. The maximum Gasteiger partial charge on any atom is 2.00 e. The monoisotopic (exact) mass is 501 g/mol. The largest absolute Gasteiger partial charge is 2.00 e. The Kier molecular flexibility index (Phi) is 12.2. The molecule has 7 heteroatoms. The predicted molar refractivity (Wildman–Crippen MR) is 116 cm³/mol. The fraction of sp³-hybridized carbons (Fsp3) is 0.174. The van der Waals surface area contributed by atoms with E-state index in [1.165, 1.54) is 0 Å². The molecule has 0 spiro atoms. The molecule has 0 fully saturated rings. The zero-order valence-electron chi connectivity index (χ0n) is 17.1. The fourth-order valence-corrected chi connectivity index (χ4v) is 3.17. The van der Waals surface area contributed by atoms with E-state index in [1.807, 2.05) is 64.1 Å². The number of benzene rings is 2. The van der Waals surface area contributed by atoms with Crippen LogP contribution in [-0.4, -0.2) is 17.4 Å². The second-order valence-corrected chi connectivity index (χ2v) is 7.07. The van der Waals surface area contributed by atoms with Crippen LogP contribution in [0.1, 0.15) is 33.6 Å². The molecule has 3 aromatic rings. The van der Waals surface area contributed by atoms with Gasteiger partial charge >= 0.3 is 17.1 Å². The maximum atomic E-state index is 6.28. The van der Waals surface area contributed by atoms with Crippen LogP contribution in [0.25, 0.3) is 0 Å². The molecule has 0 aliphatic heterocycles. The van der Waals surface area contributed by atoms with Gasteiger partial charge in [-0.15, -0.1) is 0 Å². The molecule has 158 valence electrons. The summed E-state index contributed by atoms with van der Waals surface area (Å²) in [6.45, 7) is 8.20. The van der Waals surface area contributed by atoms with Crippen LogP contribution in [0.5, 0.6) is 0 Å². The first-order chi connectivity index (χ1) is 12.9. The molecule has 2 aromatic carbocycles. The van der Waals surface area contributed by atoms with Gasteiger partial charge in [0.1, 0.15) is 0 Å². The van der Waals surface area contributed by atoms with Crippen LogP contribution < -0.4 is 24.8 Å². The van der Waals surface area contributed by atoms with Crippen molar-refractivity contribution in [2.75, 3.05) is 0 Å². The van der Waals surface area contributed by atoms with Crippen molar-refractivity contribution in [2.45, 2.75) is 27.7 Å². The number of hydrogen-bond acceptors (Lipinski definition) is 3. The van der Waals surface area contributed by atoms with Crippen molar-refractivity contribution in [3.63, 3.8) is 0 Å². The molecule has 0 aliphatic carbocycles. The van der Waals surface area contributed by atoms with E-state index in [1.54, 1.807) is 24.6 Å². The molecular weight excluding hydrogens is 480 g/mol. The SMILES string of the molecule is Cc1cccc(C)c1N=Cc1cc(Cl)cc(C=Nc2c(C)cccc2C)n1.[Cl-].[Cl-].[Fe+2]. The Morgan fingerprint density at radius 3 is 1.37 bits per heavy atom. The summed E-state index contributed by atoms with van der Waals surface area (Å²) in [5, 5.41) is 0.607. The standard InChI is InChI=1S/C23H22ClN3.2ClH.Fe/c1-15-7-5-8-16(2)22(15)25-13-20-11-19(24)12-21(27-20)14-26-23-17(3)9-6-10-18(23)4;;;/h5-14H,1-4H3;2*1H;/q;;;+2/p-2. The fourth-order valence-electron chi connectivity index (χ4n) is 2.95. The van der Waals surface area contributed by atoms with Crippen LogP contribution in [0.2, 0.25) is 5.02 Å². The molecule has 0 amide bonds. The van der Waals surface area contributed by atoms with Gasteiger partial charge in [0.25, 0.3) is 0 Å². The second-order valence-electron chi connectivity index (χ2n) is 6.63. The van der Waals surface area contributed by atoms with Gasteiger partial charge in [0, 0.05) is 5.02 Å². The average molecular weight is 503 g/mol. The number of nitrogens with zero attached hydrogens (tertiary/aromatic N) is 3. The molecule has 0 saturated heterocycles. The molecule has 0 unspecified atom stereocenters. The summed E-state index contributed by atoms with van der Waals surface area (Å²) in [6, 6.07) is 15.9. The van der Waals surface area contributed by atoms with E-state index >= 15 is 0 Å². The van der Waals surface area contributed by atoms with E-state index in [9.17, 15) is 0 Å². The normalized spacial score (nSPS) is 10.4. The first-order valence-electron chi connectivity index (χ1n) is 8.82. The van der Waals surface area contributed by atoms with Crippen molar-refractivity contribution in [2.24, 2.45) is 9.98 Å². The number of aryl methyl sites for hydroxylation is 4. The van der Waals surface area contributed by atoms with Gasteiger partial charge in [0.05, 0.1) is 35.2 Å². The van der Waals surface area contributed by atoms with Crippen LogP contribution in [0.3, 0.4) is 0 Å². The van der Waals surface area contributed by atoms with Gasteiger partial charge in [0.15, 0.2) is 0 Å². The number of aromatic nitrogens is 1. The minimum absolute atomic E-state index is 0. The molecule has 3 nitrogen and oxygen atoms in total. The van der Waals surface area contributed by atoms with Gasteiger partial charge in [-0.2, -0.15) is 0 Å². The molecule has 0 radical (unpaired) electrons. The van der Waals surface area contributed by atoms with Gasteiger partial charge in [-0.05, 0) is 62.1 Å². The molecule has 0 saturated carbocycles. The van der Waals surface area contributed by atoms with Crippen molar-refractivity contribution in [3.8, 4) is 0 Å². The molecule has 0 atom stereocenters. The van der Waals surface area contributed by atoms with Gasteiger partial charge in [-0.3, -0.25) is 9.98 Å². The first-order valence-corrected chi connectivity index (χ1v) is 9.20. The van der Waals surface area contributed by atoms with E-state index in [0.717, 1.165) is 33.6 Å². The topological polar surface area (TPSA) is 37.6 Å². The van der Waals surface area contributed by atoms with E-state index in [4.69, 9.17) is 11.6 Å². The van der Waals surface area contributed by atoms with E-state index < -0.39 is 0 Å². The molecule has 0 aliphatic rings. The van der Waals surface area contributed by atoms with Crippen molar-refractivity contribution in [3.05, 3.63) is 87.2 Å². The third-order valence-electron chi connectivity index (χ3n) is 4.36. The number of para-hydroxylation sites is 2. The van der Waals surface area contributed by atoms with Gasteiger partial charge in [-0.1, -0.05) is 48.0 Å². The molecule has 3 rings (SSSR count). The number of aliphatic imine (C=N–C) groups is 2. The van der Waals surface area contributed by atoms with Crippen molar-refractivity contribution in [1.82, 2.24) is 4.98 Å². The van der Waals surface area contributed by atoms with Crippen LogP contribution >= 0.6 is 11.6 Å². The maximum absolute atomic E-state index is 6.28. The molecular formula is C23H22Cl3FeN3. The summed E-state index contributed by atoms with van der Waals surface area (Å²) in [5.41, 5.74) is 7.85. The molecule has 1 heterocycles. The third kappa shape index (κ3) is 7.23. The van der Waals surface area contributed by atoms with Gasteiger partial charge in [-0.25, -0.2) is 4.98 Å². The Bertz CT molecular complexity index is 930. The summed E-state index contributed by atoms with van der Waals surface area (Å²) >= 11 is 6.28. The van der Waals surface area contributed by atoms with Crippen LogP contribution in [0, 0.1) is 27.7 Å². The number of rotatable bonds is 4. The summed E-state index contributed by atoms with van der Waals surface area (Å²) in [4.78, 5) is 13.8. The van der Waals surface area contributed by atoms with Crippen LogP contribution in [0.4, 0.5) is 11.4 Å². The Labute approximate surface area is 206 Å². The summed E-state index contributed by atoms with van der Waals surface area (Å²) < 4.78 is 0. The van der Waals surface area contributed by atoms with Crippen molar-refractivity contribution >= 4 is 35.4 Å². The quantitative estimate of drug-likeness (QED) is 0.378. The summed E-state index contributed by atoms with van der Waals surface area (Å²) in [7, 11) is 0. The minimum Gasteiger partial charge on any atom is -1.00 e. The van der Waals surface area contributed by atoms with Crippen LogP contribution in [0.15, 0.2) is 58.5 Å². The second kappa shape index (κ2) is 12.9. The average Bonchev–Trinajstić information content (AvgIpc) is 2.60. The minimum atomic E-state index is 0. The van der Waals surface area contributed by atoms with E-state index in [0.29, 0.717) is 16.4 Å². The zero-order valence-corrected chi connectivity index (χ0v) is 20.5. The van der Waals surface area contributed by atoms with E-state index in [-0.39, 0.29) is 41.9 Å². The third-order valence-corrected chi connectivity index (χ3v) is 4.58. The van der Waals surface area contributed by atoms with Gasteiger partial charge in [0.2, 0.25) is 0 Å². The Hall–Kier alpha value is -1.68. The van der Waals surface area contributed by atoms with E-state index in [2.05, 4.69) is 15.0 Å². The first kappa shape index (κ1) is 28.3. The molecule has 0 N–H and O–H groups in total. The summed E-state index contributed by atoms with van der Waals surface area (Å²) in [5.74, 6) is 0. The molecule has 0 bridgehead atoms. The number of pyridine rings is 1.